The van der Waals surface area contributed by atoms with Crippen molar-refractivity contribution in [1.82, 2.24) is 4.57 Å². The van der Waals surface area contributed by atoms with Crippen LogP contribution in [0.2, 0.25) is 5.02 Å². The van der Waals surface area contributed by atoms with Crippen molar-refractivity contribution in [2.75, 3.05) is 5.32 Å². The number of amides is 1. The van der Waals surface area contributed by atoms with E-state index in [2.05, 4.69) is 21.2 Å². The molecule has 0 radical (unpaired) electrons. The zero-order chi connectivity index (χ0) is 19.6. The molecule has 1 aromatic heterocycles. The number of hydrogen-bond donors (Lipinski definition) is 2. The van der Waals surface area contributed by atoms with Gasteiger partial charge in [0.15, 0.2) is 0 Å². The predicted octanol–water partition coefficient (Wildman–Crippen LogP) is 4.29. The molecular formula is C19H14BrClFN3O2. The van der Waals surface area contributed by atoms with Gasteiger partial charge in [-0.2, -0.15) is 0 Å². The normalized spacial score (nSPS) is 10.6. The number of anilines is 2. The number of primary amides is 1. The second kappa shape index (κ2) is 7.94. The number of halogens is 3. The molecule has 3 rings (SSSR count). The Bertz CT molecular complexity index is 1070. The summed E-state index contributed by atoms with van der Waals surface area (Å²) >= 11 is 9.38. The third-order valence-corrected chi connectivity index (χ3v) is 4.72. The van der Waals surface area contributed by atoms with Gasteiger partial charge in [0, 0.05) is 10.7 Å². The molecule has 0 bridgehead atoms. The third-order valence-electron chi connectivity index (χ3n) is 3.87. The van der Waals surface area contributed by atoms with Crippen molar-refractivity contribution >= 4 is 44.8 Å². The molecule has 27 heavy (non-hydrogen) atoms. The topological polar surface area (TPSA) is 77.1 Å². The number of aromatic nitrogens is 1. The van der Waals surface area contributed by atoms with Crippen molar-refractivity contribution in [3.05, 3.63) is 91.5 Å². The van der Waals surface area contributed by atoms with E-state index >= 15 is 0 Å². The van der Waals surface area contributed by atoms with Gasteiger partial charge in [-0.1, -0.05) is 57.9 Å². The molecule has 5 nitrogen and oxygen atoms in total. The number of hydrogen-bond acceptors (Lipinski definition) is 3. The van der Waals surface area contributed by atoms with E-state index in [1.807, 2.05) is 30.3 Å². The van der Waals surface area contributed by atoms with Crippen LogP contribution in [0.15, 0.2) is 64.0 Å². The summed E-state index contributed by atoms with van der Waals surface area (Å²) < 4.78 is 16.0. The maximum Gasteiger partial charge on any atom is 0.271 e. The van der Waals surface area contributed by atoms with Gasteiger partial charge >= 0.3 is 0 Å². The van der Waals surface area contributed by atoms with Crippen LogP contribution in [-0.4, -0.2) is 10.5 Å². The number of carbonyl (C=O) groups excluding carboxylic acids is 1. The van der Waals surface area contributed by atoms with Crippen LogP contribution in [0.3, 0.4) is 0 Å². The summed E-state index contributed by atoms with van der Waals surface area (Å²) in [6.07, 6.45) is 1.32. The summed E-state index contributed by atoms with van der Waals surface area (Å²) in [6, 6.07) is 13.5. The van der Waals surface area contributed by atoms with Crippen LogP contribution in [-0.2, 0) is 6.54 Å². The number of benzene rings is 2. The first-order chi connectivity index (χ1) is 12.9. The molecule has 0 saturated heterocycles. The van der Waals surface area contributed by atoms with E-state index < -0.39 is 17.3 Å². The van der Waals surface area contributed by atoms with Crippen molar-refractivity contribution in [3.8, 4) is 0 Å². The Morgan fingerprint density at radius 2 is 1.93 bits per heavy atom. The molecule has 0 aliphatic heterocycles. The molecule has 8 heteroatoms. The summed E-state index contributed by atoms with van der Waals surface area (Å²) in [5, 5.41) is 2.46. The Hall–Kier alpha value is -2.64. The molecule has 0 unspecified atom stereocenters. The highest BCUT2D eigenvalue weighted by atomic mass is 79.9. The van der Waals surface area contributed by atoms with Crippen LogP contribution < -0.4 is 16.6 Å². The van der Waals surface area contributed by atoms with Gasteiger partial charge in [-0.15, -0.1) is 0 Å². The first-order valence-electron chi connectivity index (χ1n) is 7.85. The van der Waals surface area contributed by atoms with Crippen LogP contribution in [0, 0.1) is 5.82 Å². The van der Waals surface area contributed by atoms with E-state index in [9.17, 15) is 14.0 Å². The lowest BCUT2D eigenvalue weighted by Gasteiger charge is -2.16. The average molecular weight is 451 g/mol. The van der Waals surface area contributed by atoms with E-state index in [1.54, 1.807) is 6.07 Å². The smallest absolute Gasteiger partial charge is 0.271 e. The molecule has 0 saturated carbocycles. The van der Waals surface area contributed by atoms with Crippen molar-refractivity contribution in [1.29, 1.82) is 0 Å². The lowest BCUT2D eigenvalue weighted by molar-refractivity contribution is 0.100. The Morgan fingerprint density at radius 1 is 1.22 bits per heavy atom. The van der Waals surface area contributed by atoms with E-state index in [4.69, 9.17) is 17.3 Å². The maximum atomic E-state index is 14.1. The van der Waals surface area contributed by atoms with Crippen molar-refractivity contribution in [3.63, 3.8) is 0 Å². The minimum atomic E-state index is -0.793. The standard InChI is InChI=1S/C19H14BrClFN3O2/c20-12-6-7-15(14(22)8-12)24-17-13(18(23)26)10-25(19(27)16(17)21)9-11-4-2-1-3-5-11/h1-8,10,24H,9H2,(H2,23,26). The molecule has 0 spiro atoms. The zero-order valence-electron chi connectivity index (χ0n) is 13.9. The fourth-order valence-electron chi connectivity index (χ4n) is 2.56. The Kier molecular flexibility index (Phi) is 5.62. The monoisotopic (exact) mass is 449 g/mol. The Labute approximate surface area is 167 Å². The second-order valence-corrected chi connectivity index (χ2v) is 7.06. The Morgan fingerprint density at radius 3 is 2.56 bits per heavy atom. The maximum absolute atomic E-state index is 14.1. The quantitative estimate of drug-likeness (QED) is 0.609. The predicted molar refractivity (Wildman–Crippen MR) is 107 cm³/mol. The molecule has 138 valence electrons. The number of carbonyl (C=O) groups is 1. The SMILES string of the molecule is NC(=O)c1cn(Cc2ccccc2)c(=O)c(Cl)c1Nc1ccc(Br)cc1F. The molecular weight excluding hydrogens is 437 g/mol. The summed E-state index contributed by atoms with van der Waals surface area (Å²) in [6.45, 7) is 0.215. The number of rotatable bonds is 5. The lowest BCUT2D eigenvalue weighted by Crippen LogP contribution is -2.26. The Balaban J connectivity index is 2.07. The van der Waals surface area contributed by atoms with Gasteiger partial charge in [0.2, 0.25) is 0 Å². The number of nitrogens with one attached hydrogen (secondary N) is 1. The van der Waals surface area contributed by atoms with Gasteiger partial charge in [0.1, 0.15) is 10.8 Å². The summed E-state index contributed by atoms with van der Waals surface area (Å²) in [5.41, 5.74) is 5.80. The van der Waals surface area contributed by atoms with E-state index in [-0.39, 0.29) is 28.5 Å². The number of nitrogens with zero attached hydrogens (tertiary/aromatic N) is 1. The van der Waals surface area contributed by atoms with Gasteiger partial charge in [-0.25, -0.2) is 4.39 Å². The fourth-order valence-corrected chi connectivity index (χ4v) is 3.15. The van der Waals surface area contributed by atoms with E-state index in [1.165, 1.54) is 22.9 Å². The average Bonchev–Trinajstić information content (AvgIpc) is 2.63. The van der Waals surface area contributed by atoms with Crippen molar-refractivity contribution in [2.45, 2.75) is 6.54 Å². The summed E-state index contributed by atoms with van der Waals surface area (Å²) in [4.78, 5) is 24.6. The summed E-state index contributed by atoms with van der Waals surface area (Å²) in [7, 11) is 0. The van der Waals surface area contributed by atoms with Crippen molar-refractivity contribution in [2.24, 2.45) is 5.73 Å². The molecule has 1 amide bonds. The molecule has 1 heterocycles. The molecule has 0 aliphatic rings. The van der Waals surface area contributed by atoms with Gasteiger partial charge in [-0.05, 0) is 23.8 Å². The molecule has 0 atom stereocenters. The highest BCUT2D eigenvalue weighted by Crippen LogP contribution is 2.29. The minimum absolute atomic E-state index is 0.0159. The molecule has 3 aromatic rings. The van der Waals surface area contributed by atoms with Crippen LogP contribution in [0.25, 0.3) is 0 Å². The minimum Gasteiger partial charge on any atom is -0.365 e. The molecule has 0 aliphatic carbocycles. The van der Waals surface area contributed by atoms with E-state index in [0.717, 1.165) is 5.56 Å². The number of pyridine rings is 1. The first kappa shape index (κ1) is 19.1. The second-order valence-electron chi connectivity index (χ2n) is 5.76. The molecule has 0 fully saturated rings. The van der Waals surface area contributed by atoms with Crippen LogP contribution >= 0.6 is 27.5 Å². The van der Waals surface area contributed by atoms with Crippen LogP contribution in [0.4, 0.5) is 15.8 Å². The van der Waals surface area contributed by atoms with Gasteiger partial charge in [0.25, 0.3) is 11.5 Å². The van der Waals surface area contributed by atoms with Gasteiger partial charge < -0.3 is 15.6 Å². The van der Waals surface area contributed by atoms with Gasteiger partial charge in [0.05, 0.1) is 23.5 Å². The van der Waals surface area contributed by atoms with Crippen LogP contribution in [0.5, 0.6) is 0 Å². The largest absolute Gasteiger partial charge is 0.365 e. The molecule has 3 N–H and O–H groups in total. The number of nitrogens with two attached hydrogens (primary N) is 1. The van der Waals surface area contributed by atoms with Crippen LogP contribution in [0.1, 0.15) is 15.9 Å². The summed E-state index contributed by atoms with van der Waals surface area (Å²) in [5.74, 6) is -1.37. The zero-order valence-corrected chi connectivity index (χ0v) is 16.2. The van der Waals surface area contributed by atoms with E-state index in [0.29, 0.717) is 4.47 Å². The highest BCUT2D eigenvalue weighted by molar-refractivity contribution is 9.10. The lowest BCUT2D eigenvalue weighted by atomic mass is 10.1. The molecule has 2 aromatic carbocycles. The first-order valence-corrected chi connectivity index (χ1v) is 9.02. The van der Waals surface area contributed by atoms with Gasteiger partial charge in [-0.3, -0.25) is 9.59 Å². The third kappa shape index (κ3) is 4.20. The van der Waals surface area contributed by atoms with Crippen molar-refractivity contribution < 1.29 is 9.18 Å². The fraction of sp³-hybridized carbons (Fsp3) is 0.0526. The highest BCUT2D eigenvalue weighted by Gasteiger charge is 2.19.